The number of aliphatic hydroxyl groups is 1. The van der Waals surface area contributed by atoms with Crippen molar-refractivity contribution in [3.63, 3.8) is 0 Å². The first-order valence-corrected chi connectivity index (χ1v) is 7.82. The molecular formula is C17H28O5. The van der Waals surface area contributed by atoms with Crippen LogP contribution in [-0.4, -0.2) is 43.9 Å². The molecule has 0 unspecified atom stereocenters. The lowest BCUT2D eigenvalue weighted by molar-refractivity contribution is -0.185. The zero-order valence-electron chi connectivity index (χ0n) is 14.0. The van der Waals surface area contributed by atoms with Gasteiger partial charge < -0.3 is 24.1 Å². The maximum atomic E-state index is 9.52. The van der Waals surface area contributed by atoms with Crippen LogP contribution in [0, 0.1) is 0 Å². The molecule has 0 spiro atoms. The molecule has 0 bridgehead atoms. The number of hydrogen-bond acceptors (Lipinski definition) is 5. The average Bonchev–Trinajstić information content (AvgIpc) is 2.51. The second-order valence-electron chi connectivity index (χ2n) is 5.04. The Bertz CT molecular complexity index is 385. The summed E-state index contributed by atoms with van der Waals surface area (Å²) in [6.07, 6.45) is 0.163. The van der Waals surface area contributed by atoms with Crippen LogP contribution < -0.4 is 9.47 Å². The second kappa shape index (κ2) is 10.4. The predicted molar refractivity (Wildman–Crippen MR) is 85.4 cm³/mol. The van der Waals surface area contributed by atoms with Crippen molar-refractivity contribution >= 4 is 0 Å². The van der Waals surface area contributed by atoms with E-state index in [0.29, 0.717) is 26.1 Å². The zero-order chi connectivity index (χ0) is 16.4. The summed E-state index contributed by atoms with van der Waals surface area (Å²) < 4.78 is 22.4. The summed E-state index contributed by atoms with van der Waals surface area (Å²) >= 11 is 0. The molecular weight excluding hydrogens is 284 g/mol. The van der Waals surface area contributed by atoms with Gasteiger partial charge in [0.05, 0.1) is 13.2 Å². The number of hydrogen-bond donors (Lipinski definition) is 1. The molecule has 0 radical (unpaired) electrons. The van der Waals surface area contributed by atoms with Crippen LogP contribution >= 0.6 is 0 Å². The van der Waals surface area contributed by atoms with Crippen molar-refractivity contribution in [2.45, 2.75) is 52.1 Å². The Balaban J connectivity index is 2.77. The van der Waals surface area contributed by atoms with Gasteiger partial charge in [-0.25, -0.2) is 0 Å². The third kappa shape index (κ3) is 6.64. The van der Waals surface area contributed by atoms with Gasteiger partial charge >= 0.3 is 0 Å². The number of ether oxygens (including phenoxy) is 4. The fraction of sp³-hybridized carbons (Fsp3) is 0.647. The normalized spacial score (nSPS) is 13.9. The van der Waals surface area contributed by atoms with Crippen molar-refractivity contribution < 1.29 is 24.1 Å². The first-order chi connectivity index (χ1) is 10.6. The van der Waals surface area contributed by atoms with Gasteiger partial charge in [-0.15, -0.1) is 0 Å². The zero-order valence-corrected chi connectivity index (χ0v) is 14.0. The number of aliphatic hydroxyl groups excluding tert-OH is 1. The van der Waals surface area contributed by atoms with Crippen LogP contribution in [0.1, 0.15) is 33.6 Å². The molecule has 0 aliphatic carbocycles. The third-order valence-corrected chi connectivity index (χ3v) is 3.18. The standard InChI is InChI=1S/C17H28O5/c1-5-20-17(21-6-2)16(12-7-13(3)18)22-15-10-8-14(19-4)9-11-15/h8-11,13,16-18H,5-7,12H2,1-4H3/t13-,16+/m0/s1. The lowest BCUT2D eigenvalue weighted by atomic mass is 10.1. The maximum Gasteiger partial charge on any atom is 0.194 e. The minimum Gasteiger partial charge on any atom is -0.497 e. The van der Waals surface area contributed by atoms with Crippen LogP contribution in [0.15, 0.2) is 24.3 Å². The maximum absolute atomic E-state index is 9.52. The lowest BCUT2D eigenvalue weighted by Gasteiger charge is -2.28. The molecule has 0 fully saturated rings. The van der Waals surface area contributed by atoms with E-state index in [1.807, 2.05) is 38.1 Å². The third-order valence-electron chi connectivity index (χ3n) is 3.18. The van der Waals surface area contributed by atoms with E-state index in [9.17, 15) is 5.11 Å². The number of rotatable bonds is 11. The van der Waals surface area contributed by atoms with E-state index in [1.54, 1.807) is 14.0 Å². The van der Waals surface area contributed by atoms with Crippen LogP contribution in [0.2, 0.25) is 0 Å². The van der Waals surface area contributed by atoms with E-state index in [1.165, 1.54) is 0 Å². The van der Waals surface area contributed by atoms with Crippen LogP contribution in [0.25, 0.3) is 0 Å². The Labute approximate surface area is 133 Å². The molecule has 5 nitrogen and oxygen atoms in total. The predicted octanol–water partition coefficient (Wildman–Crippen LogP) is 3.00. The molecule has 1 rings (SSSR count). The monoisotopic (exact) mass is 312 g/mol. The lowest BCUT2D eigenvalue weighted by Crippen LogP contribution is -2.37. The molecule has 0 aromatic heterocycles. The molecule has 126 valence electrons. The van der Waals surface area contributed by atoms with E-state index < -0.39 is 6.29 Å². The minimum absolute atomic E-state index is 0.275. The topological polar surface area (TPSA) is 57.2 Å². The van der Waals surface area contributed by atoms with Gasteiger partial charge in [-0.3, -0.25) is 0 Å². The van der Waals surface area contributed by atoms with Gasteiger partial charge in [0.15, 0.2) is 6.29 Å². The molecule has 5 heteroatoms. The van der Waals surface area contributed by atoms with Crippen molar-refractivity contribution in [2.75, 3.05) is 20.3 Å². The summed E-state index contributed by atoms with van der Waals surface area (Å²) in [7, 11) is 1.63. The molecule has 22 heavy (non-hydrogen) atoms. The Morgan fingerprint density at radius 1 is 0.955 bits per heavy atom. The van der Waals surface area contributed by atoms with E-state index in [2.05, 4.69) is 0 Å². The van der Waals surface area contributed by atoms with Crippen LogP contribution in [0.3, 0.4) is 0 Å². The van der Waals surface area contributed by atoms with Crippen LogP contribution in [0.5, 0.6) is 11.5 Å². The van der Waals surface area contributed by atoms with Crippen molar-refractivity contribution in [3.05, 3.63) is 24.3 Å². The Morgan fingerprint density at radius 2 is 1.50 bits per heavy atom. The average molecular weight is 312 g/mol. The molecule has 1 N–H and O–H groups in total. The SMILES string of the molecule is CCOC(OCC)[C@@H](CC[C@H](C)O)Oc1ccc(OC)cc1. The molecule has 0 saturated carbocycles. The van der Waals surface area contributed by atoms with Gasteiger partial charge in [-0.2, -0.15) is 0 Å². The first-order valence-electron chi connectivity index (χ1n) is 7.82. The van der Waals surface area contributed by atoms with E-state index in [-0.39, 0.29) is 12.2 Å². The quantitative estimate of drug-likeness (QED) is 0.637. The van der Waals surface area contributed by atoms with E-state index >= 15 is 0 Å². The molecule has 0 saturated heterocycles. The summed E-state index contributed by atoms with van der Waals surface area (Å²) in [6.45, 7) is 6.70. The molecule has 0 aliphatic heterocycles. The van der Waals surface area contributed by atoms with Gasteiger partial charge in [0.2, 0.25) is 0 Å². The van der Waals surface area contributed by atoms with Gasteiger partial charge in [-0.1, -0.05) is 0 Å². The largest absolute Gasteiger partial charge is 0.497 e. The number of methoxy groups -OCH3 is 1. The highest BCUT2D eigenvalue weighted by molar-refractivity contribution is 5.31. The Morgan fingerprint density at radius 3 is 1.95 bits per heavy atom. The first kappa shape index (κ1) is 18.7. The van der Waals surface area contributed by atoms with Crippen molar-refractivity contribution in [1.82, 2.24) is 0 Å². The summed E-state index contributed by atoms with van der Waals surface area (Å²) in [5, 5.41) is 9.52. The van der Waals surface area contributed by atoms with Gasteiger partial charge in [0.1, 0.15) is 17.6 Å². The van der Waals surface area contributed by atoms with Gasteiger partial charge in [0.25, 0.3) is 0 Å². The summed E-state index contributed by atoms with van der Waals surface area (Å²) in [4.78, 5) is 0. The van der Waals surface area contributed by atoms with Gasteiger partial charge in [0, 0.05) is 13.2 Å². The molecule has 2 atom stereocenters. The molecule has 1 aromatic carbocycles. The summed E-state index contributed by atoms with van der Waals surface area (Å²) in [6, 6.07) is 7.39. The Kier molecular flexibility index (Phi) is 8.89. The fourth-order valence-corrected chi connectivity index (χ4v) is 2.08. The van der Waals surface area contributed by atoms with E-state index in [4.69, 9.17) is 18.9 Å². The summed E-state index contributed by atoms with van der Waals surface area (Å²) in [5.41, 5.74) is 0. The summed E-state index contributed by atoms with van der Waals surface area (Å²) in [5.74, 6) is 1.50. The highest BCUT2D eigenvalue weighted by Gasteiger charge is 2.24. The van der Waals surface area contributed by atoms with Crippen LogP contribution in [-0.2, 0) is 9.47 Å². The second-order valence-corrected chi connectivity index (χ2v) is 5.04. The van der Waals surface area contributed by atoms with Crippen LogP contribution in [0.4, 0.5) is 0 Å². The molecule has 0 amide bonds. The number of benzene rings is 1. The fourth-order valence-electron chi connectivity index (χ4n) is 2.08. The van der Waals surface area contributed by atoms with Crippen molar-refractivity contribution in [3.8, 4) is 11.5 Å². The smallest absolute Gasteiger partial charge is 0.194 e. The Hall–Kier alpha value is -1.30. The molecule has 0 heterocycles. The minimum atomic E-state index is -0.448. The highest BCUT2D eigenvalue weighted by Crippen LogP contribution is 2.22. The van der Waals surface area contributed by atoms with E-state index in [0.717, 1.165) is 11.5 Å². The van der Waals surface area contributed by atoms with Crippen molar-refractivity contribution in [2.24, 2.45) is 0 Å². The van der Waals surface area contributed by atoms with Crippen molar-refractivity contribution in [1.29, 1.82) is 0 Å². The molecule has 0 aliphatic rings. The van der Waals surface area contributed by atoms with Gasteiger partial charge in [-0.05, 0) is 57.9 Å². The molecule has 1 aromatic rings. The highest BCUT2D eigenvalue weighted by atomic mass is 16.7.